The molecule has 2 amide bonds. The molecule has 0 fully saturated rings. The molecule has 0 aromatic heterocycles. The number of nitrogens with one attached hydrogen (secondary N) is 2. The number of carbonyl (C=O) groups excluding carboxylic acids is 1. The van der Waals surface area contributed by atoms with Crippen molar-refractivity contribution in [3.05, 3.63) is 48.0 Å². The number of urea groups is 1. The van der Waals surface area contributed by atoms with E-state index in [0.29, 0.717) is 19.6 Å². The van der Waals surface area contributed by atoms with Crippen LogP contribution in [0, 0.1) is 0 Å². The van der Waals surface area contributed by atoms with Crippen molar-refractivity contribution in [2.75, 3.05) is 13.1 Å². The van der Waals surface area contributed by atoms with Crippen LogP contribution in [0.5, 0.6) is 0 Å². The molecule has 0 spiro atoms. The summed E-state index contributed by atoms with van der Waals surface area (Å²) in [6.07, 6.45) is 0. The van der Waals surface area contributed by atoms with Gasteiger partial charge in [0.15, 0.2) is 0 Å². The van der Waals surface area contributed by atoms with E-state index in [9.17, 15) is 4.79 Å². The van der Waals surface area contributed by atoms with Gasteiger partial charge in [0.2, 0.25) is 0 Å². The van der Waals surface area contributed by atoms with Crippen molar-refractivity contribution in [2.24, 2.45) is 0 Å². The monoisotopic (exact) mass is 271 g/mol. The topological polar surface area (TPSA) is 44.4 Å². The summed E-state index contributed by atoms with van der Waals surface area (Å²) in [4.78, 5) is 13.5. The number of fused-ring (bicyclic) bond motifs is 1. The Bertz CT molecular complexity index is 579. The second kappa shape index (κ2) is 6.91. The van der Waals surface area contributed by atoms with Crippen LogP contribution in [-0.4, -0.2) is 24.0 Å². The highest BCUT2D eigenvalue weighted by molar-refractivity contribution is 5.83. The number of benzene rings is 2. The van der Waals surface area contributed by atoms with Gasteiger partial charge in [-0.15, -0.1) is 0 Å². The average Bonchev–Trinajstić information content (AvgIpc) is 2.48. The number of hydrazine groups is 1. The zero-order valence-electron chi connectivity index (χ0n) is 12.0. The van der Waals surface area contributed by atoms with Crippen molar-refractivity contribution >= 4 is 16.8 Å². The molecule has 0 aliphatic carbocycles. The van der Waals surface area contributed by atoms with Gasteiger partial charge in [-0.25, -0.2) is 10.2 Å². The fourth-order valence-electron chi connectivity index (χ4n) is 2.16. The molecule has 2 rings (SSSR count). The van der Waals surface area contributed by atoms with Gasteiger partial charge in [0.1, 0.15) is 0 Å². The van der Waals surface area contributed by atoms with Crippen LogP contribution in [0.15, 0.2) is 42.5 Å². The standard InChI is InChI=1S/C16H21N3O/c1-3-19(4-2)16(20)18-17-12-13-9-10-14-7-5-6-8-15(14)11-13/h5-11,17H,3-4,12H2,1-2H3,(H,18,20). The molecule has 2 N–H and O–H groups in total. The second-order valence-corrected chi connectivity index (χ2v) is 4.64. The Morgan fingerprint density at radius 3 is 2.45 bits per heavy atom. The number of rotatable bonds is 5. The molecule has 0 bridgehead atoms. The smallest absolute Gasteiger partial charge is 0.324 e. The molecule has 4 nitrogen and oxygen atoms in total. The van der Waals surface area contributed by atoms with E-state index < -0.39 is 0 Å². The molecule has 0 saturated carbocycles. The first-order chi connectivity index (χ1) is 9.74. The molecule has 0 atom stereocenters. The van der Waals surface area contributed by atoms with Gasteiger partial charge < -0.3 is 4.90 Å². The lowest BCUT2D eigenvalue weighted by Gasteiger charge is -2.19. The van der Waals surface area contributed by atoms with Gasteiger partial charge in [-0.3, -0.25) is 5.43 Å². The van der Waals surface area contributed by atoms with E-state index in [0.717, 1.165) is 5.56 Å². The maximum Gasteiger partial charge on any atom is 0.331 e. The predicted molar refractivity (Wildman–Crippen MR) is 82.2 cm³/mol. The fourth-order valence-corrected chi connectivity index (χ4v) is 2.16. The lowest BCUT2D eigenvalue weighted by atomic mass is 10.1. The van der Waals surface area contributed by atoms with Crippen molar-refractivity contribution in [2.45, 2.75) is 20.4 Å². The maximum absolute atomic E-state index is 11.8. The quantitative estimate of drug-likeness (QED) is 0.821. The zero-order chi connectivity index (χ0) is 14.4. The fraction of sp³-hybridized carbons (Fsp3) is 0.312. The molecule has 106 valence electrons. The van der Waals surface area contributed by atoms with Crippen molar-refractivity contribution in [3.8, 4) is 0 Å². The van der Waals surface area contributed by atoms with E-state index in [1.807, 2.05) is 26.0 Å². The second-order valence-electron chi connectivity index (χ2n) is 4.64. The Hall–Kier alpha value is -2.07. The molecule has 0 unspecified atom stereocenters. The van der Waals surface area contributed by atoms with Gasteiger partial charge in [0, 0.05) is 19.6 Å². The molecule has 0 aliphatic rings. The number of hydrogen-bond donors (Lipinski definition) is 2. The summed E-state index contributed by atoms with van der Waals surface area (Å²) in [7, 11) is 0. The molecular weight excluding hydrogens is 250 g/mol. The summed E-state index contributed by atoms with van der Waals surface area (Å²) in [5.41, 5.74) is 6.83. The van der Waals surface area contributed by atoms with Gasteiger partial charge in [-0.05, 0) is 36.2 Å². The van der Waals surface area contributed by atoms with Crippen molar-refractivity contribution in [3.63, 3.8) is 0 Å². The minimum Gasteiger partial charge on any atom is -0.324 e. The van der Waals surface area contributed by atoms with Gasteiger partial charge >= 0.3 is 6.03 Å². The van der Waals surface area contributed by atoms with Crippen LogP contribution in [0.4, 0.5) is 4.79 Å². The Labute approximate surface area is 119 Å². The summed E-state index contributed by atoms with van der Waals surface area (Å²) < 4.78 is 0. The van der Waals surface area contributed by atoms with Crippen LogP contribution >= 0.6 is 0 Å². The summed E-state index contributed by atoms with van der Waals surface area (Å²) in [5.74, 6) is 0. The Morgan fingerprint density at radius 2 is 1.75 bits per heavy atom. The summed E-state index contributed by atoms with van der Waals surface area (Å²) in [6, 6.07) is 14.5. The largest absolute Gasteiger partial charge is 0.331 e. The number of carbonyl (C=O) groups is 1. The third-order valence-corrected chi connectivity index (χ3v) is 3.35. The SMILES string of the molecule is CCN(CC)C(=O)NNCc1ccc2ccccc2c1. The first kappa shape index (κ1) is 14.3. The Balaban J connectivity index is 1.91. The van der Waals surface area contributed by atoms with Gasteiger partial charge in [-0.1, -0.05) is 36.4 Å². The first-order valence-corrected chi connectivity index (χ1v) is 7.00. The van der Waals surface area contributed by atoms with E-state index in [1.165, 1.54) is 10.8 Å². The first-order valence-electron chi connectivity index (χ1n) is 7.00. The molecule has 0 heterocycles. The van der Waals surface area contributed by atoms with Crippen LogP contribution in [-0.2, 0) is 6.54 Å². The average molecular weight is 271 g/mol. The molecule has 0 saturated heterocycles. The minimum atomic E-state index is -0.0872. The summed E-state index contributed by atoms with van der Waals surface area (Å²) >= 11 is 0. The van der Waals surface area contributed by atoms with Crippen molar-refractivity contribution in [1.82, 2.24) is 15.8 Å². The third kappa shape index (κ3) is 3.48. The number of hydrogen-bond acceptors (Lipinski definition) is 2. The van der Waals surface area contributed by atoms with Crippen molar-refractivity contribution < 1.29 is 4.79 Å². The van der Waals surface area contributed by atoms with E-state index in [2.05, 4.69) is 41.2 Å². The van der Waals surface area contributed by atoms with Crippen molar-refractivity contribution in [1.29, 1.82) is 0 Å². The normalized spacial score (nSPS) is 10.5. The van der Waals surface area contributed by atoms with E-state index in [4.69, 9.17) is 0 Å². The van der Waals surface area contributed by atoms with Crippen LogP contribution in [0.3, 0.4) is 0 Å². The van der Waals surface area contributed by atoms with Gasteiger partial charge in [0.05, 0.1) is 0 Å². The number of nitrogens with zero attached hydrogens (tertiary/aromatic N) is 1. The predicted octanol–water partition coefficient (Wildman–Crippen LogP) is 2.90. The Kier molecular flexibility index (Phi) is 4.96. The highest BCUT2D eigenvalue weighted by Gasteiger charge is 2.07. The Morgan fingerprint density at radius 1 is 1.05 bits per heavy atom. The van der Waals surface area contributed by atoms with E-state index in [1.54, 1.807) is 4.90 Å². The lowest BCUT2D eigenvalue weighted by molar-refractivity contribution is 0.198. The van der Waals surface area contributed by atoms with Crippen LogP contribution in [0.1, 0.15) is 19.4 Å². The minimum absolute atomic E-state index is 0.0872. The van der Waals surface area contributed by atoms with Gasteiger partial charge in [-0.2, -0.15) is 0 Å². The van der Waals surface area contributed by atoms with Crippen LogP contribution in [0.25, 0.3) is 10.8 Å². The highest BCUT2D eigenvalue weighted by Crippen LogP contribution is 2.15. The molecule has 20 heavy (non-hydrogen) atoms. The van der Waals surface area contributed by atoms with E-state index >= 15 is 0 Å². The molecule has 0 aliphatic heterocycles. The summed E-state index contributed by atoms with van der Waals surface area (Å²) in [5, 5.41) is 2.44. The molecule has 0 radical (unpaired) electrons. The molecule has 4 heteroatoms. The lowest BCUT2D eigenvalue weighted by Crippen LogP contribution is -2.46. The highest BCUT2D eigenvalue weighted by atomic mass is 16.2. The maximum atomic E-state index is 11.8. The third-order valence-electron chi connectivity index (χ3n) is 3.35. The molecule has 2 aromatic rings. The summed E-state index contributed by atoms with van der Waals surface area (Å²) in [6.45, 7) is 5.96. The zero-order valence-corrected chi connectivity index (χ0v) is 12.0. The van der Waals surface area contributed by atoms with Crippen LogP contribution < -0.4 is 10.9 Å². The van der Waals surface area contributed by atoms with E-state index in [-0.39, 0.29) is 6.03 Å². The number of amides is 2. The molecule has 2 aromatic carbocycles. The van der Waals surface area contributed by atoms with Crippen LogP contribution in [0.2, 0.25) is 0 Å². The molecular formula is C16H21N3O. The van der Waals surface area contributed by atoms with Gasteiger partial charge in [0.25, 0.3) is 0 Å².